The first kappa shape index (κ1) is 14.3. The molecule has 0 saturated carbocycles. The third-order valence-corrected chi connectivity index (χ3v) is 2.46. The lowest BCUT2D eigenvalue weighted by Crippen LogP contribution is -2.48. The van der Waals surface area contributed by atoms with Crippen molar-refractivity contribution >= 4 is 23.5 Å². The standard InChI is InChI=1S/C12H14ClNO4/c1-12(2,11(17)14-7-10(15)16)18-9-6-4-3-5-8(9)13/h3-6H,7H2,1-2H3,(H,14,17)(H,15,16). The van der Waals surface area contributed by atoms with E-state index in [9.17, 15) is 9.59 Å². The van der Waals surface area contributed by atoms with Crippen LogP contribution in [0.3, 0.4) is 0 Å². The predicted molar refractivity (Wildman–Crippen MR) is 66.8 cm³/mol. The van der Waals surface area contributed by atoms with Gasteiger partial charge in [0.15, 0.2) is 5.60 Å². The fraction of sp³-hybridized carbons (Fsp3) is 0.333. The molecule has 0 saturated heterocycles. The number of hydrogen-bond acceptors (Lipinski definition) is 3. The van der Waals surface area contributed by atoms with Gasteiger partial charge in [0.2, 0.25) is 0 Å². The summed E-state index contributed by atoms with van der Waals surface area (Å²) in [6.45, 7) is 2.62. The van der Waals surface area contributed by atoms with Crippen LogP contribution in [0, 0.1) is 0 Å². The molecule has 0 bridgehead atoms. The molecule has 98 valence electrons. The number of para-hydroxylation sites is 1. The summed E-state index contributed by atoms with van der Waals surface area (Å²) in [5.74, 6) is -1.27. The van der Waals surface area contributed by atoms with Crippen molar-refractivity contribution in [3.8, 4) is 5.75 Å². The van der Waals surface area contributed by atoms with Gasteiger partial charge in [-0.2, -0.15) is 0 Å². The average molecular weight is 272 g/mol. The van der Waals surface area contributed by atoms with Gasteiger partial charge < -0.3 is 15.2 Å². The molecule has 1 aromatic rings. The molecule has 5 nitrogen and oxygen atoms in total. The first-order valence-corrected chi connectivity index (χ1v) is 5.64. The van der Waals surface area contributed by atoms with E-state index in [-0.39, 0.29) is 0 Å². The van der Waals surface area contributed by atoms with E-state index in [1.165, 1.54) is 13.8 Å². The molecule has 0 unspecified atom stereocenters. The molecular formula is C12H14ClNO4. The average Bonchev–Trinajstić information content (AvgIpc) is 2.28. The fourth-order valence-electron chi connectivity index (χ4n) is 1.22. The second-order valence-corrected chi connectivity index (χ2v) is 4.53. The van der Waals surface area contributed by atoms with Crippen molar-refractivity contribution in [1.29, 1.82) is 0 Å². The highest BCUT2D eigenvalue weighted by molar-refractivity contribution is 6.32. The highest BCUT2D eigenvalue weighted by Gasteiger charge is 2.30. The molecule has 0 aliphatic carbocycles. The Balaban J connectivity index is 2.72. The predicted octanol–water partition coefficient (Wildman–Crippen LogP) is 1.70. The van der Waals surface area contributed by atoms with Crippen LogP contribution in [0.1, 0.15) is 13.8 Å². The number of aliphatic carboxylic acids is 1. The minimum atomic E-state index is -1.21. The molecule has 0 aromatic heterocycles. The lowest BCUT2D eigenvalue weighted by atomic mass is 10.1. The molecule has 0 aliphatic rings. The minimum absolute atomic E-state index is 0.370. The number of nitrogens with one attached hydrogen (secondary N) is 1. The zero-order valence-electron chi connectivity index (χ0n) is 10.1. The third-order valence-electron chi connectivity index (χ3n) is 2.15. The maximum absolute atomic E-state index is 11.7. The number of benzene rings is 1. The second kappa shape index (κ2) is 5.73. The number of hydrogen-bond donors (Lipinski definition) is 2. The van der Waals surface area contributed by atoms with Crippen molar-refractivity contribution in [2.45, 2.75) is 19.4 Å². The number of ether oxygens (including phenoxy) is 1. The molecule has 6 heteroatoms. The maximum Gasteiger partial charge on any atom is 0.322 e. The van der Waals surface area contributed by atoms with Crippen LogP contribution in [0.2, 0.25) is 5.02 Å². The third kappa shape index (κ3) is 3.92. The van der Waals surface area contributed by atoms with Gasteiger partial charge in [-0.15, -0.1) is 0 Å². The number of halogens is 1. The summed E-state index contributed by atoms with van der Waals surface area (Å²) >= 11 is 5.91. The van der Waals surface area contributed by atoms with E-state index in [1.54, 1.807) is 24.3 Å². The van der Waals surface area contributed by atoms with Crippen LogP contribution in [0.25, 0.3) is 0 Å². The Morgan fingerprint density at radius 1 is 1.39 bits per heavy atom. The smallest absolute Gasteiger partial charge is 0.322 e. The normalized spacial score (nSPS) is 10.8. The molecule has 0 aliphatic heterocycles. The van der Waals surface area contributed by atoms with Gasteiger partial charge in [-0.05, 0) is 26.0 Å². The molecule has 18 heavy (non-hydrogen) atoms. The van der Waals surface area contributed by atoms with Gasteiger partial charge in [0.05, 0.1) is 5.02 Å². The Kier molecular flexibility index (Phi) is 4.55. The highest BCUT2D eigenvalue weighted by atomic mass is 35.5. The summed E-state index contributed by atoms with van der Waals surface area (Å²) in [5.41, 5.74) is -1.21. The van der Waals surface area contributed by atoms with Crippen molar-refractivity contribution in [1.82, 2.24) is 5.32 Å². The Morgan fingerprint density at radius 2 is 2.00 bits per heavy atom. The maximum atomic E-state index is 11.7. The van der Waals surface area contributed by atoms with Crippen LogP contribution in [-0.2, 0) is 9.59 Å². The van der Waals surface area contributed by atoms with Gasteiger partial charge in [0, 0.05) is 0 Å². The summed E-state index contributed by atoms with van der Waals surface area (Å²) in [4.78, 5) is 22.1. The summed E-state index contributed by atoms with van der Waals surface area (Å²) in [5, 5.41) is 11.1. The van der Waals surface area contributed by atoms with Gasteiger partial charge >= 0.3 is 5.97 Å². The highest BCUT2D eigenvalue weighted by Crippen LogP contribution is 2.27. The Morgan fingerprint density at radius 3 is 2.56 bits per heavy atom. The first-order chi connectivity index (χ1) is 8.33. The summed E-state index contributed by atoms with van der Waals surface area (Å²) < 4.78 is 5.49. The Labute approximate surface area is 110 Å². The van der Waals surface area contributed by atoms with E-state index in [0.29, 0.717) is 10.8 Å². The van der Waals surface area contributed by atoms with Crippen molar-refractivity contribution in [2.24, 2.45) is 0 Å². The quantitative estimate of drug-likeness (QED) is 0.855. The van der Waals surface area contributed by atoms with Gasteiger partial charge in [-0.25, -0.2) is 0 Å². The van der Waals surface area contributed by atoms with E-state index in [4.69, 9.17) is 21.4 Å². The zero-order valence-corrected chi connectivity index (χ0v) is 10.8. The van der Waals surface area contributed by atoms with E-state index in [0.717, 1.165) is 0 Å². The molecule has 0 atom stereocenters. The molecule has 0 spiro atoms. The van der Waals surface area contributed by atoms with Crippen LogP contribution >= 0.6 is 11.6 Å². The molecule has 1 aromatic carbocycles. The second-order valence-electron chi connectivity index (χ2n) is 4.12. The Bertz CT molecular complexity index is 459. The number of rotatable bonds is 5. The summed E-state index contributed by atoms with van der Waals surface area (Å²) in [6, 6.07) is 6.75. The molecule has 0 heterocycles. The van der Waals surface area contributed by atoms with Crippen LogP contribution in [0.4, 0.5) is 0 Å². The van der Waals surface area contributed by atoms with Crippen LogP contribution in [-0.4, -0.2) is 29.1 Å². The molecule has 2 N–H and O–H groups in total. The van der Waals surface area contributed by atoms with Gasteiger partial charge in [0.25, 0.3) is 5.91 Å². The van der Waals surface area contributed by atoms with Crippen molar-refractivity contribution in [3.05, 3.63) is 29.3 Å². The van der Waals surface area contributed by atoms with E-state index in [2.05, 4.69) is 5.32 Å². The van der Waals surface area contributed by atoms with Gasteiger partial charge in [-0.3, -0.25) is 9.59 Å². The van der Waals surface area contributed by atoms with Crippen molar-refractivity contribution in [3.63, 3.8) is 0 Å². The number of carbonyl (C=O) groups is 2. The SMILES string of the molecule is CC(C)(Oc1ccccc1Cl)C(=O)NCC(=O)O. The molecule has 1 rings (SSSR count). The molecule has 0 fully saturated rings. The van der Waals surface area contributed by atoms with Crippen LogP contribution in [0.5, 0.6) is 5.75 Å². The van der Waals surface area contributed by atoms with E-state index < -0.39 is 24.0 Å². The monoisotopic (exact) mass is 271 g/mol. The number of carboxylic acids is 1. The number of carboxylic acid groups (broad SMARTS) is 1. The topological polar surface area (TPSA) is 75.6 Å². The van der Waals surface area contributed by atoms with Crippen molar-refractivity contribution < 1.29 is 19.4 Å². The molecule has 0 radical (unpaired) electrons. The van der Waals surface area contributed by atoms with Crippen LogP contribution < -0.4 is 10.1 Å². The fourth-order valence-corrected chi connectivity index (χ4v) is 1.39. The number of carbonyl (C=O) groups excluding carboxylic acids is 1. The molecular weight excluding hydrogens is 258 g/mol. The minimum Gasteiger partial charge on any atom is -0.480 e. The van der Waals surface area contributed by atoms with Gasteiger partial charge in [0.1, 0.15) is 12.3 Å². The summed E-state index contributed by atoms with van der Waals surface area (Å²) in [7, 11) is 0. The molecule has 1 amide bonds. The summed E-state index contributed by atoms with van der Waals surface area (Å²) in [6.07, 6.45) is 0. The zero-order chi connectivity index (χ0) is 13.8. The Hall–Kier alpha value is -1.75. The number of amides is 1. The lowest BCUT2D eigenvalue weighted by molar-refractivity contribution is -0.141. The van der Waals surface area contributed by atoms with E-state index in [1.807, 2.05) is 0 Å². The largest absolute Gasteiger partial charge is 0.480 e. The van der Waals surface area contributed by atoms with Crippen LogP contribution in [0.15, 0.2) is 24.3 Å². The van der Waals surface area contributed by atoms with E-state index >= 15 is 0 Å². The lowest BCUT2D eigenvalue weighted by Gasteiger charge is -2.25. The first-order valence-electron chi connectivity index (χ1n) is 5.26. The van der Waals surface area contributed by atoms with Crippen molar-refractivity contribution in [2.75, 3.05) is 6.54 Å². The van der Waals surface area contributed by atoms with Gasteiger partial charge in [-0.1, -0.05) is 23.7 Å².